The van der Waals surface area contributed by atoms with Crippen molar-refractivity contribution in [3.63, 3.8) is 0 Å². The third-order valence-corrected chi connectivity index (χ3v) is 5.49. The molecule has 0 radical (unpaired) electrons. The summed E-state index contributed by atoms with van der Waals surface area (Å²) >= 11 is 2.99. The van der Waals surface area contributed by atoms with Gasteiger partial charge in [-0.3, -0.25) is 9.78 Å². The number of carbonyl (C=O) groups is 1. The number of nitrogens with zero attached hydrogens (tertiary/aromatic N) is 2. The van der Waals surface area contributed by atoms with E-state index in [0.29, 0.717) is 22.1 Å². The van der Waals surface area contributed by atoms with E-state index in [4.69, 9.17) is 4.74 Å². The molecule has 7 heteroatoms. The van der Waals surface area contributed by atoms with Crippen LogP contribution in [0.5, 0.6) is 11.5 Å². The minimum absolute atomic E-state index is 0.173. The maximum atomic E-state index is 12.4. The van der Waals surface area contributed by atoms with Crippen LogP contribution in [0.4, 0.5) is 5.69 Å². The summed E-state index contributed by atoms with van der Waals surface area (Å²) in [5.74, 6) is 1.22. The lowest BCUT2D eigenvalue weighted by atomic mass is 10.3. The Kier molecular flexibility index (Phi) is 4.72. The third-order valence-electron chi connectivity index (χ3n) is 3.46. The van der Waals surface area contributed by atoms with Gasteiger partial charge in [0.25, 0.3) is 5.91 Å². The highest BCUT2D eigenvalue weighted by Crippen LogP contribution is 2.29. The average molecular weight is 379 g/mol. The number of nitrogens with one attached hydrogen (secondary N) is 1. The molecule has 26 heavy (non-hydrogen) atoms. The van der Waals surface area contributed by atoms with Crippen molar-refractivity contribution in [1.82, 2.24) is 9.97 Å². The average Bonchev–Trinajstić information content (AvgIpc) is 3.36. The van der Waals surface area contributed by atoms with Crippen LogP contribution in [0.15, 0.2) is 72.5 Å². The molecule has 0 spiro atoms. The third kappa shape index (κ3) is 3.79. The Balaban J connectivity index is 1.41. The van der Waals surface area contributed by atoms with Gasteiger partial charge in [-0.1, -0.05) is 6.07 Å². The summed E-state index contributed by atoms with van der Waals surface area (Å²) in [6, 6.07) is 14.7. The molecule has 0 aliphatic carbocycles. The lowest BCUT2D eigenvalue weighted by Crippen LogP contribution is -2.09. The van der Waals surface area contributed by atoms with Crippen LogP contribution in [0.3, 0.4) is 0 Å². The van der Waals surface area contributed by atoms with Crippen LogP contribution in [-0.2, 0) is 0 Å². The van der Waals surface area contributed by atoms with Crippen molar-refractivity contribution in [3.8, 4) is 21.4 Å². The highest BCUT2D eigenvalue weighted by atomic mass is 32.1. The number of amides is 1. The number of thiophene rings is 1. The van der Waals surface area contributed by atoms with Gasteiger partial charge in [0.2, 0.25) is 0 Å². The van der Waals surface area contributed by atoms with Crippen LogP contribution < -0.4 is 10.1 Å². The number of aromatic nitrogens is 2. The summed E-state index contributed by atoms with van der Waals surface area (Å²) in [7, 11) is 0. The number of benzene rings is 1. The van der Waals surface area contributed by atoms with E-state index in [0.717, 1.165) is 9.88 Å². The predicted molar refractivity (Wildman–Crippen MR) is 104 cm³/mol. The summed E-state index contributed by atoms with van der Waals surface area (Å²) in [6.07, 6.45) is 4.95. The molecule has 4 rings (SSSR count). The number of anilines is 1. The molecule has 1 amide bonds. The molecule has 0 fully saturated rings. The molecule has 0 atom stereocenters. The van der Waals surface area contributed by atoms with Crippen LogP contribution in [0.2, 0.25) is 0 Å². The first-order valence-corrected chi connectivity index (χ1v) is 9.46. The second-order valence-corrected chi connectivity index (χ2v) is 7.25. The molecule has 128 valence electrons. The van der Waals surface area contributed by atoms with Gasteiger partial charge in [0.1, 0.15) is 21.4 Å². The molecule has 0 aliphatic rings. The zero-order chi connectivity index (χ0) is 17.8. The standard InChI is InChI=1S/C19H13N3O2S2/c23-18(17-12-21-19(26-17)16-2-1-11-25-16)22-13-3-5-14(6-4-13)24-15-7-9-20-10-8-15/h1-12H,(H,22,23). The Hall–Kier alpha value is -3.03. The molecule has 1 N–H and O–H groups in total. The smallest absolute Gasteiger partial charge is 0.267 e. The zero-order valence-electron chi connectivity index (χ0n) is 13.5. The SMILES string of the molecule is O=C(Nc1ccc(Oc2ccncc2)cc1)c1cnc(-c2cccs2)s1. The normalized spacial score (nSPS) is 10.5. The summed E-state index contributed by atoms with van der Waals surface area (Å²) < 4.78 is 5.71. The van der Waals surface area contributed by atoms with Gasteiger partial charge in [0.05, 0.1) is 11.1 Å². The molecule has 1 aromatic carbocycles. The molecular formula is C19H13N3O2S2. The van der Waals surface area contributed by atoms with Gasteiger partial charge in [-0.25, -0.2) is 4.98 Å². The first kappa shape index (κ1) is 16.4. The van der Waals surface area contributed by atoms with Gasteiger partial charge in [0.15, 0.2) is 0 Å². The zero-order valence-corrected chi connectivity index (χ0v) is 15.1. The number of hydrogen-bond donors (Lipinski definition) is 1. The summed E-state index contributed by atoms with van der Waals surface area (Å²) in [5.41, 5.74) is 0.697. The van der Waals surface area contributed by atoms with E-state index in [1.54, 1.807) is 66.3 Å². The largest absolute Gasteiger partial charge is 0.457 e. The fourth-order valence-corrected chi connectivity index (χ4v) is 3.85. The van der Waals surface area contributed by atoms with Crippen molar-refractivity contribution in [3.05, 3.63) is 77.4 Å². The van der Waals surface area contributed by atoms with Crippen LogP contribution >= 0.6 is 22.7 Å². The first-order chi connectivity index (χ1) is 12.8. The van der Waals surface area contributed by atoms with E-state index in [9.17, 15) is 4.79 Å². The molecule has 0 aliphatic heterocycles. The Labute approximate surface area is 158 Å². The predicted octanol–water partition coefficient (Wildman–Crippen LogP) is 5.31. The first-order valence-electron chi connectivity index (χ1n) is 7.77. The molecule has 5 nitrogen and oxygen atoms in total. The number of ether oxygens (including phenoxy) is 1. The van der Waals surface area contributed by atoms with Gasteiger partial charge in [-0.05, 0) is 47.8 Å². The molecule has 0 saturated carbocycles. The number of hydrogen-bond acceptors (Lipinski definition) is 6. The molecule has 4 aromatic rings. The van der Waals surface area contributed by atoms with Crippen molar-refractivity contribution >= 4 is 34.3 Å². The second kappa shape index (κ2) is 7.47. The lowest BCUT2D eigenvalue weighted by Gasteiger charge is -2.07. The van der Waals surface area contributed by atoms with E-state index >= 15 is 0 Å². The quantitative estimate of drug-likeness (QED) is 0.510. The highest BCUT2D eigenvalue weighted by Gasteiger charge is 2.12. The van der Waals surface area contributed by atoms with Gasteiger partial charge >= 0.3 is 0 Å². The molecular weight excluding hydrogens is 366 g/mol. The minimum Gasteiger partial charge on any atom is -0.457 e. The van der Waals surface area contributed by atoms with Gasteiger partial charge in [0, 0.05) is 18.1 Å². The maximum absolute atomic E-state index is 12.4. The van der Waals surface area contributed by atoms with E-state index in [1.807, 2.05) is 17.5 Å². The van der Waals surface area contributed by atoms with E-state index in [1.165, 1.54) is 11.3 Å². The molecule has 3 aromatic heterocycles. The fourth-order valence-electron chi connectivity index (χ4n) is 2.23. The Morgan fingerprint density at radius 2 is 1.77 bits per heavy atom. The molecule has 0 saturated heterocycles. The molecule has 3 heterocycles. The molecule has 0 bridgehead atoms. The van der Waals surface area contributed by atoms with Gasteiger partial charge in [-0.15, -0.1) is 22.7 Å². The van der Waals surface area contributed by atoms with Crippen molar-refractivity contribution in [2.24, 2.45) is 0 Å². The van der Waals surface area contributed by atoms with E-state index in [-0.39, 0.29) is 5.91 Å². The summed E-state index contributed by atoms with van der Waals surface area (Å²) in [4.78, 5) is 22.3. The van der Waals surface area contributed by atoms with Crippen LogP contribution in [-0.4, -0.2) is 15.9 Å². The Morgan fingerprint density at radius 1 is 1.00 bits per heavy atom. The van der Waals surface area contributed by atoms with Crippen molar-refractivity contribution in [2.75, 3.05) is 5.32 Å². The van der Waals surface area contributed by atoms with Crippen LogP contribution in [0.1, 0.15) is 9.67 Å². The summed E-state index contributed by atoms with van der Waals surface area (Å²) in [6.45, 7) is 0. The fraction of sp³-hybridized carbons (Fsp3) is 0. The topological polar surface area (TPSA) is 64.1 Å². The molecule has 0 unspecified atom stereocenters. The number of rotatable bonds is 5. The van der Waals surface area contributed by atoms with Crippen LogP contribution in [0, 0.1) is 0 Å². The number of carbonyl (C=O) groups excluding carboxylic acids is 1. The minimum atomic E-state index is -0.173. The number of thiazole rings is 1. The van der Waals surface area contributed by atoms with Crippen molar-refractivity contribution < 1.29 is 9.53 Å². The van der Waals surface area contributed by atoms with E-state index in [2.05, 4.69) is 15.3 Å². The van der Waals surface area contributed by atoms with Crippen LogP contribution in [0.25, 0.3) is 9.88 Å². The van der Waals surface area contributed by atoms with Gasteiger partial charge < -0.3 is 10.1 Å². The Morgan fingerprint density at radius 3 is 2.50 bits per heavy atom. The monoisotopic (exact) mass is 379 g/mol. The van der Waals surface area contributed by atoms with Crippen molar-refractivity contribution in [2.45, 2.75) is 0 Å². The maximum Gasteiger partial charge on any atom is 0.267 e. The Bertz CT molecular complexity index is 997. The highest BCUT2D eigenvalue weighted by molar-refractivity contribution is 7.22. The second-order valence-electron chi connectivity index (χ2n) is 5.27. The van der Waals surface area contributed by atoms with Gasteiger partial charge in [-0.2, -0.15) is 0 Å². The lowest BCUT2D eigenvalue weighted by molar-refractivity contribution is 0.103. The van der Waals surface area contributed by atoms with E-state index < -0.39 is 0 Å². The van der Waals surface area contributed by atoms with Crippen molar-refractivity contribution in [1.29, 1.82) is 0 Å². The number of pyridine rings is 1. The summed E-state index contributed by atoms with van der Waals surface area (Å²) in [5, 5.41) is 5.72.